The number of aromatic nitrogens is 2. The van der Waals surface area contributed by atoms with Crippen molar-refractivity contribution in [2.24, 2.45) is 18.9 Å². The predicted octanol–water partition coefficient (Wildman–Crippen LogP) is 2.38. The largest absolute Gasteiger partial charge is 0.319 e. The van der Waals surface area contributed by atoms with E-state index in [4.69, 9.17) is 0 Å². The molecule has 1 N–H and O–H groups in total. The highest BCUT2D eigenvalue weighted by Crippen LogP contribution is 2.30. The van der Waals surface area contributed by atoms with Crippen LogP contribution in [0.15, 0.2) is 12.4 Å². The fourth-order valence-corrected chi connectivity index (χ4v) is 3.14. The van der Waals surface area contributed by atoms with Crippen molar-refractivity contribution in [3.63, 3.8) is 0 Å². The third-order valence-corrected chi connectivity index (χ3v) is 4.04. The molecule has 2 rings (SSSR count). The number of aryl methyl sites for hydroxylation is 1. The third kappa shape index (κ3) is 3.56. The molecule has 0 aliphatic heterocycles. The maximum absolute atomic E-state index is 4.28. The molecule has 1 aliphatic rings. The van der Waals surface area contributed by atoms with E-state index in [2.05, 4.69) is 23.7 Å². The highest BCUT2D eigenvalue weighted by molar-refractivity contribution is 5.05. The molecule has 3 nitrogen and oxygen atoms in total. The van der Waals surface area contributed by atoms with Crippen LogP contribution in [-0.4, -0.2) is 23.4 Å². The molecule has 0 radical (unpaired) electrons. The second-order valence-corrected chi connectivity index (χ2v) is 5.44. The summed E-state index contributed by atoms with van der Waals surface area (Å²) in [4.78, 5) is 0. The molecule has 0 spiro atoms. The zero-order valence-corrected chi connectivity index (χ0v) is 11.2. The van der Waals surface area contributed by atoms with Crippen LogP contribution in [0.25, 0.3) is 0 Å². The van der Waals surface area contributed by atoms with Crippen molar-refractivity contribution < 1.29 is 0 Å². The number of nitrogens with zero attached hydrogens (tertiary/aromatic N) is 2. The summed E-state index contributed by atoms with van der Waals surface area (Å²) in [5.41, 5.74) is 1.40. The van der Waals surface area contributed by atoms with Gasteiger partial charge in [-0.1, -0.05) is 19.3 Å². The van der Waals surface area contributed by atoms with E-state index >= 15 is 0 Å². The molecule has 2 unspecified atom stereocenters. The second kappa shape index (κ2) is 6.20. The van der Waals surface area contributed by atoms with Gasteiger partial charge in [0.1, 0.15) is 0 Å². The van der Waals surface area contributed by atoms with Gasteiger partial charge in [-0.2, -0.15) is 5.10 Å². The summed E-state index contributed by atoms with van der Waals surface area (Å²) >= 11 is 0. The van der Waals surface area contributed by atoms with Crippen LogP contribution >= 0.6 is 0 Å². The van der Waals surface area contributed by atoms with Crippen LogP contribution in [0.4, 0.5) is 0 Å². The van der Waals surface area contributed by atoms with Crippen molar-refractivity contribution in [1.82, 2.24) is 15.1 Å². The smallest absolute Gasteiger partial charge is 0.0521 e. The summed E-state index contributed by atoms with van der Waals surface area (Å²) in [6, 6.07) is 0. The van der Waals surface area contributed by atoms with Gasteiger partial charge >= 0.3 is 0 Å². The van der Waals surface area contributed by atoms with Gasteiger partial charge in [0.2, 0.25) is 0 Å². The lowest BCUT2D eigenvalue weighted by Crippen LogP contribution is -2.26. The lowest BCUT2D eigenvalue weighted by molar-refractivity contribution is 0.304. The van der Waals surface area contributed by atoms with Gasteiger partial charge < -0.3 is 5.32 Å². The first kappa shape index (κ1) is 12.6. The Hall–Kier alpha value is -0.830. The predicted molar refractivity (Wildman–Crippen MR) is 70.9 cm³/mol. The highest BCUT2D eigenvalue weighted by atomic mass is 15.2. The summed E-state index contributed by atoms with van der Waals surface area (Å²) in [5.74, 6) is 1.69. The first-order valence-corrected chi connectivity index (χ1v) is 6.91. The molecule has 2 atom stereocenters. The molecule has 96 valence electrons. The van der Waals surface area contributed by atoms with Crippen LogP contribution in [-0.2, 0) is 13.5 Å². The van der Waals surface area contributed by atoms with Crippen molar-refractivity contribution in [2.75, 3.05) is 13.6 Å². The molecule has 0 aromatic carbocycles. The van der Waals surface area contributed by atoms with Crippen molar-refractivity contribution >= 4 is 0 Å². The van der Waals surface area contributed by atoms with Gasteiger partial charge in [0, 0.05) is 13.2 Å². The fourth-order valence-electron chi connectivity index (χ4n) is 3.14. The molecule has 1 aromatic rings. The zero-order chi connectivity index (χ0) is 12.1. The molecule has 0 bridgehead atoms. The van der Waals surface area contributed by atoms with E-state index in [1.54, 1.807) is 0 Å². The number of rotatable bonds is 4. The molecular formula is C14H25N3. The molecule has 1 aromatic heterocycles. The Morgan fingerprint density at radius 1 is 1.29 bits per heavy atom. The van der Waals surface area contributed by atoms with Crippen LogP contribution < -0.4 is 5.32 Å². The Bertz CT molecular complexity index is 332. The quantitative estimate of drug-likeness (QED) is 0.812. The average molecular weight is 235 g/mol. The molecule has 1 heterocycles. The SMILES string of the molecule is CNCC1CCCCCC1Cc1cnn(C)c1. The molecule has 1 aliphatic carbocycles. The molecular weight excluding hydrogens is 210 g/mol. The maximum Gasteiger partial charge on any atom is 0.0521 e. The normalized spacial score (nSPS) is 25.8. The zero-order valence-electron chi connectivity index (χ0n) is 11.2. The summed E-state index contributed by atoms with van der Waals surface area (Å²) in [6.45, 7) is 1.17. The summed E-state index contributed by atoms with van der Waals surface area (Å²) in [7, 11) is 4.08. The first-order valence-electron chi connectivity index (χ1n) is 6.91. The summed E-state index contributed by atoms with van der Waals surface area (Å²) in [6.07, 6.45) is 12.4. The molecule has 0 amide bonds. The van der Waals surface area contributed by atoms with E-state index < -0.39 is 0 Å². The maximum atomic E-state index is 4.28. The third-order valence-electron chi connectivity index (χ3n) is 4.04. The molecule has 1 fully saturated rings. The van der Waals surface area contributed by atoms with Crippen LogP contribution in [0.1, 0.15) is 37.7 Å². The van der Waals surface area contributed by atoms with Gasteiger partial charge in [0.15, 0.2) is 0 Å². The van der Waals surface area contributed by atoms with E-state index in [0.29, 0.717) is 0 Å². The number of hydrogen-bond acceptors (Lipinski definition) is 2. The van der Waals surface area contributed by atoms with Gasteiger partial charge in [-0.25, -0.2) is 0 Å². The van der Waals surface area contributed by atoms with Crippen LogP contribution in [0, 0.1) is 11.8 Å². The van der Waals surface area contributed by atoms with Gasteiger partial charge in [-0.3, -0.25) is 4.68 Å². The van der Waals surface area contributed by atoms with E-state index in [-0.39, 0.29) is 0 Å². The van der Waals surface area contributed by atoms with E-state index in [1.165, 1.54) is 50.6 Å². The van der Waals surface area contributed by atoms with Crippen LogP contribution in [0.2, 0.25) is 0 Å². The van der Waals surface area contributed by atoms with Crippen molar-refractivity contribution in [3.8, 4) is 0 Å². The highest BCUT2D eigenvalue weighted by Gasteiger charge is 2.23. The minimum atomic E-state index is 0.842. The van der Waals surface area contributed by atoms with Crippen molar-refractivity contribution in [1.29, 1.82) is 0 Å². The van der Waals surface area contributed by atoms with Crippen LogP contribution in [0.3, 0.4) is 0 Å². The summed E-state index contributed by atoms with van der Waals surface area (Å²) in [5, 5.41) is 7.64. The lowest BCUT2D eigenvalue weighted by atomic mass is 9.84. The Morgan fingerprint density at radius 2 is 2.06 bits per heavy atom. The fraction of sp³-hybridized carbons (Fsp3) is 0.786. The van der Waals surface area contributed by atoms with Gasteiger partial charge in [0.25, 0.3) is 0 Å². The molecule has 17 heavy (non-hydrogen) atoms. The van der Waals surface area contributed by atoms with Crippen molar-refractivity contribution in [3.05, 3.63) is 18.0 Å². The Morgan fingerprint density at radius 3 is 2.71 bits per heavy atom. The van der Waals surface area contributed by atoms with Gasteiger partial charge in [-0.05, 0) is 50.3 Å². The molecule has 0 saturated heterocycles. The Balaban J connectivity index is 1.99. The Kier molecular flexibility index (Phi) is 4.60. The van der Waals surface area contributed by atoms with E-state index in [9.17, 15) is 0 Å². The van der Waals surface area contributed by atoms with Gasteiger partial charge in [0.05, 0.1) is 6.20 Å². The summed E-state index contributed by atoms with van der Waals surface area (Å²) < 4.78 is 1.92. The topological polar surface area (TPSA) is 29.9 Å². The Labute approximate surface area is 105 Å². The number of hydrogen-bond donors (Lipinski definition) is 1. The standard InChI is InChI=1S/C14H25N3/c1-15-10-14-7-5-3-4-6-13(14)8-12-9-16-17(2)11-12/h9,11,13-15H,3-8,10H2,1-2H3. The lowest BCUT2D eigenvalue weighted by Gasteiger charge is -2.24. The first-order chi connectivity index (χ1) is 8.29. The molecule has 1 saturated carbocycles. The van der Waals surface area contributed by atoms with Crippen molar-refractivity contribution in [2.45, 2.75) is 38.5 Å². The minimum Gasteiger partial charge on any atom is -0.319 e. The second-order valence-electron chi connectivity index (χ2n) is 5.44. The number of nitrogens with one attached hydrogen (secondary N) is 1. The van der Waals surface area contributed by atoms with E-state index in [0.717, 1.165) is 11.8 Å². The van der Waals surface area contributed by atoms with Gasteiger partial charge in [-0.15, -0.1) is 0 Å². The average Bonchev–Trinajstić information content (AvgIpc) is 2.58. The minimum absolute atomic E-state index is 0.842. The van der Waals surface area contributed by atoms with Crippen LogP contribution in [0.5, 0.6) is 0 Å². The molecule has 3 heteroatoms. The monoisotopic (exact) mass is 235 g/mol. The van der Waals surface area contributed by atoms with E-state index in [1.807, 2.05) is 17.9 Å².